The van der Waals surface area contributed by atoms with E-state index in [0.29, 0.717) is 13.1 Å². The van der Waals surface area contributed by atoms with Gasteiger partial charge in [-0.05, 0) is 12.8 Å². The van der Waals surface area contributed by atoms with E-state index in [2.05, 4.69) is 15.1 Å². The Labute approximate surface area is 100 Å². The van der Waals surface area contributed by atoms with Crippen LogP contribution in [0.4, 0.5) is 0 Å². The Balaban J connectivity index is 2.02. The maximum Gasteiger partial charge on any atom is 0.308 e. The van der Waals surface area contributed by atoms with Gasteiger partial charge in [-0.3, -0.25) is 9.69 Å². The highest BCUT2D eigenvalue weighted by Gasteiger charge is 2.35. The quantitative estimate of drug-likeness (QED) is 0.818. The van der Waals surface area contributed by atoms with E-state index in [1.54, 1.807) is 0 Å². The number of rotatable bonds is 3. The second-order valence-electron chi connectivity index (χ2n) is 4.84. The number of carboxylic acid groups (broad SMARTS) is 1. The van der Waals surface area contributed by atoms with Gasteiger partial charge in [0.2, 0.25) is 0 Å². The van der Waals surface area contributed by atoms with Gasteiger partial charge in [0.05, 0.1) is 12.5 Å². The first-order valence-corrected chi connectivity index (χ1v) is 5.79. The Hall–Kier alpha value is -1.43. The molecule has 0 radical (unpaired) electrons. The van der Waals surface area contributed by atoms with Crippen LogP contribution in [0.2, 0.25) is 0 Å². The molecule has 1 aliphatic rings. The molecule has 0 aromatic carbocycles. The minimum Gasteiger partial charge on any atom is -0.481 e. The van der Waals surface area contributed by atoms with Crippen molar-refractivity contribution in [2.75, 3.05) is 13.1 Å². The zero-order valence-electron chi connectivity index (χ0n) is 10.4. The number of aryl methyl sites for hydroxylation is 1. The number of carboxylic acids is 1. The van der Waals surface area contributed by atoms with E-state index in [-0.39, 0.29) is 11.8 Å². The fourth-order valence-electron chi connectivity index (χ4n) is 2.31. The molecule has 6 heteroatoms. The van der Waals surface area contributed by atoms with Crippen LogP contribution in [0.25, 0.3) is 0 Å². The highest BCUT2D eigenvalue weighted by atomic mass is 16.4. The second kappa shape index (κ2) is 4.44. The molecule has 2 atom stereocenters. The molecule has 1 saturated heterocycles. The zero-order chi connectivity index (χ0) is 12.6. The highest BCUT2D eigenvalue weighted by molar-refractivity contribution is 5.71. The van der Waals surface area contributed by atoms with Crippen LogP contribution in [-0.4, -0.2) is 43.8 Å². The van der Waals surface area contributed by atoms with Gasteiger partial charge in [0.1, 0.15) is 11.6 Å². The minimum absolute atomic E-state index is 0.196. The summed E-state index contributed by atoms with van der Waals surface area (Å²) in [5, 5.41) is 17.2. The van der Waals surface area contributed by atoms with E-state index in [0.717, 1.165) is 18.2 Å². The lowest BCUT2D eigenvalue weighted by molar-refractivity contribution is -0.142. The fourth-order valence-corrected chi connectivity index (χ4v) is 2.31. The molecule has 1 aromatic heterocycles. The second-order valence-corrected chi connectivity index (χ2v) is 4.84. The standard InChI is InChI=1S/C11H18N4O2/c1-7-4-15(5-9(7)11(16)17)6-10-13-12-8(2)14(10)3/h7,9H,4-6H2,1-3H3,(H,16,17)/t7-,9-/m1/s1. The van der Waals surface area contributed by atoms with Crippen LogP contribution in [0.5, 0.6) is 0 Å². The van der Waals surface area contributed by atoms with Gasteiger partial charge < -0.3 is 9.67 Å². The zero-order valence-corrected chi connectivity index (χ0v) is 10.4. The summed E-state index contributed by atoms with van der Waals surface area (Å²) in [6.45, 7) is 5.97. The lowest BCUT2D eigenvalue weighted by atomic mass is 9.99. The van der Waals surface area contributed by atoms with E-state index < -0.39 is 5.97 Å². The summed E-state index contributed by atoms with van der Waals surface area (Å²) in [7, 11) is 1.93. The number of nitrogens with zero attached hydrogens (tertiary/aromatic N) is 4. The number of carbonyl (C=O) groups is 1. The molecule has 0 unspecified atom stereocenters. The summed E-state index contributed by atoms with van der Waals surface area (Å²) in [5.74, 6) is 1.00. The molecule has 17 heavy (non-hydrogen) atoms. The number of hydrogen-bond donors (Lipinski definition) is 1. The van der Waals surface area contributed by atoms with E-state index in [9.17, 15) is 4.79 Å². The van der Waals surface area contributed by atoms with Gasteiger partial charge in [-0.1, -0.05) is 6.92 Å². The molecule has 1 aromatic rings. The molecule has 1 N–H and O–H groups in total. The van der Waals surface area contributed by atoms with Crippen molar-refractivity contribution >= 4 is 5.97 Å². The topological polar surface area (TPSA) is 71.2 Å². The van der Waals surface area contributed by atoms with E-state index in [1.807, 2.05) is 25.5 Å². The molecule has 0 spiro atoms. The van der Waals surface area contributed by atoms with Crippen molar-refractivity contribution in [3.05, 3.63) is 11.6 Å². The van der Waals surface area contributed by atoms with Crippen LogP contribution >= 0.6 is 0 Å². The maximum atomic E-state index is 11.0. The molecule has 0 aliphatic carbocycles. The van der Waals surface area contributed by atoms with Crippen molar-refractivity contribution in [1.82, 2.24) is 19.7 Å². The van der Waals surface area contributed by atoms with Crippen LogP contribution in [0.3, 0.4) is 0 Å². The lowest BCUT2D eigenvalue weighted by Crippen LogP contribution is -2.24. The molecule has 2 heterocycles. The normalized spacial score (nSPS) is 25.4. The Morgan fingerprint density at radius 3 is 2.65 bits per heavy atom. The smallest absolute Gasteiger partial charge is 0.308 e. The fraction of sp³-hybridized carbons (Fsp3) is 0.727. The SMILES string of the molecule is Cc1nnc(CN2C[C@@H](C)[C@H](C(=O)O)C2)n1C. The van der Waals surface area contributed by atoms with Crippen molar-refractivity contribution < 1.29 is 9.90 Å². The van der Waals surface area contributed by atoms with Gasteiger partial charge in [-0.2, -0.15) is 0 Å². The van der Waals surface area contributed by atoms with Crippen molar-refractivity contribution in [1.29, 1.82) is 0 Å². The molecule has 94 valence electrons. The van der Waals surface area contributed by atoms with Gasteiger partial charge in [0.25, 0.3) is 0 Å². The maximum absolute atomic E-state index is 11.0. The number of likely N-dealkylation sites (tertiary alicyclic amines) is 1. The average Bonchev–Trinajstić information content (AvgIpc) is 2.76. The van der Waals surface area contributed by atoms with Crippen LogP contribution in [0.1, 0.15) is 18.6 Å². The molecular weight excluding hydrogens is 220 g/mol. The van der Waals surface area contributed by atoms with E-state index in [1.165, 1.54) is 0 Å². The monoisotopic (exact) mass is 238 g/mol. The van der Waals surface area contributed by atoms with Gasteiger partial charge in [0, 0.05) is 20.1 Å². The Morgan fingerprint density at radius 2 is 2.18 bits per heavy atom. The molecule has 1 fully saturated rings. The van der Waals surface area contributed by atoms with E-state index in [4.69, 9.17) is 5.11 Å². The summed E-state index contributed by atoms with van der Waals surface area (Å²) >= 11 is 0. The molecule has 1 aliphatic heterocycles. The molecule has 6 nitrogen and oxygen atoms in total. The summed E-state index contributed by atoms with van der Waals surface area (Å²) in [6.07, 6.45) is 0. The summed E-state index contributed by atoms with van der Waals surface area (Å²) in [4.78, 5) is 13.2. The molecule has 0 saturated carbocycles. The number of aliphatic carboxylic acids is 1. The lowest BCUT2D eigenvalue weighted by Gasteiger charge is -2.14. The number of hydrogen-bond acceptors (Lipinski definition) is 4. The van der Waals surface area contributed by atoms with Crippen LogP contribution in [0, 0.1) is 18.8 Å². The minimum atomic E-state index is -0.700. The first-order chi connectivity index (χ1) is 7.99. The van der Waals surface area contributed by atoms with Crippen LogP contribution in [0.15, 0.2) is 0 Å². The summed E-state index contributed by atoms with van der Waals surface area (Å²) in [6, 6.07) is 0. The van der Waals surface area contributed by atoms with E-state index >= 15 is 0 Å². The third-order valence-corrected chi connectivity index (χ3v) is 3.55. The van der Waals surface area contributed by atoms with Crippen LogP contribution in [-0.2, 0) is 18.4 Å². The first-order valence-electron chi connectivity index (χ1n) is 5.79. The Morgan fingerprint density at radius 1 is 1.47 bits per heavy atom. The van der Waals surface area contributed by atoms with Crippen LogP contribution < -0.4 is 0 Å². The Kier molecular flexibility index (Phi) is 3.15. The van der Waals surface area contributed by atoms with Gasteiger partial charge in [-0.15, -0.1) is 10.2 Å². The predicted molar refractivity (Wildman–Crippen MR) is 61.3 cm³/mol. The van der Waals surface area contributed by atoms with Gasteiger partial charge >= 0.3 is 5.97 Å². The van der Waals surface area contributed by atoms with Gasteiger partial charge in [-0.25, -0.2) is 0 Å². The molecule has 0 bridgehead atoms. The Bertz CT molecular complexity index is 429. The first kappa shape index (κ1) is 12.0. The molecule has 2 rings (SSSR count). The van der Waals surface area contributed by atoms with Crippen molar-refractivity contribution in [2.24, 2.45) is 18.9 Å². The largest absolute Gasteiger partial charge is 0.481 e. The van der Waals surface area contributed by atoms with Crippen molar-refractivity contribution in [2.45, 2.75) is 20.4 Å². The third kappa shape index (κ3) is 2.31. The summed E-state index contributed by atoms with van der Waals surface area (Å²) in [5.41, 5.74) is 0. The highest BCUT2D eigenvalue weighted by Crippen LogP contribution is 2.24. The van der Waals surface area contributed by atoms with Crippen molar-refractivity contribution in [3.63, 3.8) is 0 Å². The predicted octanol–water partition coefficient (Wildman–Crippen LogP) is 0.276. The third-order valence-electron chi connectivity index (χ3n) is 3.55. The number of aromatic nitrogens is 3. The van der Waals surface area contributed by atoms with Crippen molar-refractivity contribution in [3.8, 4) is 0 Å². The molecular formula is C11H18N4O2. The summed E-state index contributed by atoms with van der Waals surface area (Å²) < 4.78 is 1.94. The van der Waals surface area contributed by atoms with Gasteiger partial charge in [0.15, 0.2) is 0 Å². The average molecular weight is 238 g/mol. The molecule has 0 amide bonds.